The van der Waals surface area contributed by atoms with E-state index >= 15 is 0 Å². The Morgan fingerprint density at radius 2 is 1.95 bits per heavy atom. The van der Waals surface area contributed by atoms with Crippen molar-refractivity contribution in [3.05, 3.63) is 41.7 Å². The Kier molecular flexibility index (Phi) is 5.13. The minimum absolute atomic E-state index is 0.251. The maximum absolute atomic E-state index is 12.1. The number of nitrogens with one attached hydrogen (secondary N) is 3. The van der Waals surface area contributed by atoms with Crippen LogP contribution in [-0.2, 0) is 0 Å². The van der Waals surface area contributed by atoms with Crippen molar-refractivity contribution < 1.29 is 4.79 Å². The Balaban J connectivity index is 2.05. The van der Waals surface area contributed by atoms with Crippen LogP contribution in [0.1, 0.15) is 29.3 Å². The fraction of sp³-hybridized carbons (Fsp3) is 0.267. The first-order valence-electron chi connectivity index (χ1n) is 7.09. The van der Waals surface area contributed by atoms with E-state index in [0.717, 1.165) is 18.5 Å². The van der Waals surface area contributed by atoms with Gasteiger partial charge in [0, 0.05) is 12.1 Å². The van der Waals surface area contributed by atoms with E-state index < -0.39 is 0 Å². The molecule has 0 aliphatic heterocycles. The molecule has 0 aliphatic rings. The van der Waals surface area contributed by atoms with Gasteiger partial charge in [-0.05, 0) is 25.0 Å². The maximum Gasteiger partial charge on any atom is 0.269 e. The van der Waals surface area contributed by atoms with Crippen LogP contribution in [-0.4, -0.2) is 22.4 Å². The third-order valence-corrected chi connectivity index (χ3v) is 3.11. The lowest BCUT2D eigenvalue weighted by atomic mass is 10.1. The van der Waals surface area contributed by atoms with Crippen molar-refractivity contribution in [3.8, 4) is 0 Å². The highest BCUT2D eigenvalue weighted by atomic mass is 16.2. The fourth-order valence-corrected chi connectivity index (χ4v) is 1.89. The molecule has 0 saturated carbocycles. The number of hydrogen-bond donors (Lipinski definition) is 4. The van der Waals surface area contributed by atoms with Gasteiger partial charge < -0.3 is 11.1 Å². The monoisotopic (exact) mass is 300 g/mol. The largest absolute Gasteiger partial charge is 0.393 e. The molecule has 0 atom stereocenters. The predicted octanol–water partition coefficient (Wildman–Crippen LogP) is 1.95. The van der Waals surface area contributed by atoms with E-state index in [1.54, 1.807) is 6.07 Å². The lowest BCUT2D eigenvalue weighted by Crippen LogP contribution is -2.31. The molecule has 116 valence electrons. The number of carbonyl (C=O) groups excluding carboxylic acids is 1. The average molecular weight is 300 g/mol. The summed E-state index contributed by atoms with van der Waals surface area (Å²) in [5, 5.41) is 3.10. The Labute approximate surface area is 129 Å². The zero-order valence-corrected chi connectivity index (χ0v) is 12.7. The third-order valence-electron chi connectivity index (χ3n) is 3.11. The Morgan fingerprint density at radius 1 is 1.23 bits per heavy atom. The second-order valence-electron chi connectivity index (χ2n) is 4.81. The van der Waals surface area contributed by atoms with Crippen LogP contribution in [0.2, 0.25) is 0 Å². The van der Waals surface area contributed by atoms with Crippen molar-refractivity contribution in [2.45, 2.75) is 20.3 Å². The van der Waals surface area contributed by atoms with Gasteiger partial charge in [0.15, 0.2) is 11.6 Å². The van der Waals surface area contributed by atoms with E-state index in [-0.39, 0.29) is 5.91 Å². The van der Waals surface area contributed by atoms with Crippen molar-refractivity contribution in [1.82, 2.24) is 15.4 Å². The summed E-state index contributed by atoms with van der Waals surface area (Å²) in [5.41, 5.74) is 13.2. The molecule has 7 heteroatoms. The molecule has 2 aromatic rings. The molecule has 1 aromatic heterocycles. The van der Waals surface area contributed by atoms with Gasteiger partial charge in [-0.2, -0.15) is 0 Å². The van der Waals surface area contributed by atoms with E-state index in [0.29, 0.717) is 22.9 Å². The molecule has 1 heterocycles. The molecule has 0 bridgehead atoms. The third kappa shape index (κ3) is 3.63. The molecule has 0 saturated heterocycles. The van der Waals surface area contributed by atoms with Gasteiger partial charge in [0.2, 0.25) is 0 Å². The van der Waals surface area contributed by atoms with Crippen molar-refractivity contribution >= 4 is 23.2 Å². The number of rotatable bonds is 6. The number of aryl methyl sites for hydroxylation is 1. The Morgan fingerprint density at radius 3 is 2.68 bits per heavy atom. The topological polar surface area (TPSA) is 105 Å². The van der Waals surface area contributed by atoms with Gasteiger partial charge in [-0.15, -0.1) is 0 Å². The predicted molar refractivity (Wildman–Crippen MR) is 87.5 cm³/mol. The summed E-state index contributed by atoms with van der Waals surface area (Å²) in [7, 11) is 0. The first kappa shape index (κ1) is 15.6. The number of nitrogens with two attached hydrogens (primary N) is 1. The van der Waals surface area contributed by atoms with Gasteiger partial charge in [0.05, 0.1) is 0 Å². The molecule has 1 aromatic carbocycles. The van der Waals surface area contributed by atoms with Gasteiger partial charge in [0.25, 0.3) is 5.91 Å². The SMILES string of the molecule is CCCNc1ncnc(NNC(=O)c2ccccc2C)c1N. The zero-order chi connectivity index (χ0) is 15.9. The van der Waals surface area contributed by atoms with Crippen LogP contribution in [0, 0.1) is 6.92 Å². The van der Waals surface area contributed by atoms with Crippen molar-refractivity contribution in [2.24, 2.45) is 0 Å². The van der Waals surface area contributed by atoms with E-state index in [1.807, 2.05) is 32.0 Å². The molecule has 0 fully saturated rings. The van der Waals surface area contributed by atoms with E-state index in [4.69, 9.17) is 5.73 Å². The molecule has 0 radical (unpaired) electrons. The van der Waals surface area contributed by atoms with Crippen LogP contribution in [0.15, 0.2) is 30.6 Å². The molecule has 5 N–H and O–H groups in total. The van der Waals surface area contributed by atoms with Crippen LogP contribution in [0.4, 0.5) is 17.3 Å². The van der Waals surface area contributed by atoms with E-state index in [2.05, 4.69) is 26.1 Å². The minimum Gasteiger partial charge on any atom is -0.393 e. The number of aromatic nitrogens is 2. The summed E-state index contributed by atoms with van der Waals surface area (Å²) in [4.78, 5) is 20.2. The molecular weight excluding hydrogens is 280 g/mol. The number of amides is 1. The number of benzene rings is 1. The molecule has 0 aliphatic carbocycles. The second kappa shape index (κ2) is 7.26. The lowest BCUT2D eigenvalue weighted by Gasteiger charge is -2.13. The maximum atomic E-state index is 12.1. The van der Waals surface area contributed by atoms with Gasteiger partial charge in [-0.3, -0.25) is 15.6 Å². The van der Waals surface area contributed by atoms with Gasteiger partial charge in [0.1, 0.15) is 12.0 Å². The minimum atomic E-state index is -0.251. The second-order valence-corrected chi connectivity index (χ2v) is 4.81. The van der Waals surface area contributed by atoms with Crippen LogP contribution in [0.25, 0.3) is 0 Å². The summed E-state index contributed by atoms with van der Waals surface area (Å²) >= 11 is 0. The summed E-state index contributed by atoms with van der Waals surface area (Å²) in [6, 6.07) is 7.33. The highest BCUT2D eigenvalue weighted by Crippen LogP contribution is 2.21. The molecule has 1 amide bonds. The Hall–Kier alpha value is -2.83. The molecule has 7 nitrogen and oxygen atoms in total. The lowest BCUT2D eigenvalue weighted by molar-refractivity contribution is 0.0962. The fourth-order valence-electron chi connectivity index (χ4n) is 1.89. The normalized spacial score (nSPS) is 10.1. The van der Waals surface area contributed by atoms with Crippen molar-refractivity contribution in [1.29, 1.82) is 0 Å². The zero-order valence-electron chi connectivity index (χ0n) is 12.7. The smallest absolute Gasteiger partial charge is 0.269 e. The van der Waals surface area contributed by atoms with Gasteiger partial charge in [-0.1, -0.05) is 25.1 Å². The summed E-state index contributed by atoms with van der Waals surface area (Å²) in [6.07, 6.45) is 2.34. The summed E-state index contributed by atoms with van der Waals surface area (Å²) in [6.45, 7) is 4.68. The quantitative estimate of drug-likeness (QED) is 0.608. The van der Waals surface area contributed by atoms with Crippen LogP contribution in [0.5, 0.6) is 0 Å². The molecule has 0 unspecified atom stereocenters. The summed E-state index contributed by atoms with van der Waals surface area (Å²) < 4.78 is 0. The number of nitrogens with zero attached hydrogens (tertiary/aromatic N) is 2. The average Bonchev–Trinajstić information content (AvgIpc) is 2.53. The standard InChI is InChI=1S/C15H20N6O/c1-3-8-17-13-12(16)14(19-9-18-13)20-21-15(22)11-7-5-4-6-10(11)2/h4-7,9H,3,8,16H2,1-2H3,(H,21,22)(H2,17,18,19,20). The van der Waals surface area contributed by atoms with E-state index in [1.165, 1.54) is 6.33 Å². The molecule has 22 heavy (non-hydrogen) atoms. The molecule has 0 spiro atoms. The number of nitrogen functional groups attached to an aromatic ring is 1. The Bertz CT molecular complexity index is 658. The molecule has 2 rings (SSSR count). The first-order valence-corrected chi connectivity index (χ1v) is 7.09. The number of hydrogen-bond acceptors (Lipinski definition) is 6. The number of anilines is 3. The van der Waals surface area contributed by atoms with Crippen LogP contribution < -0.4 is 21.9 Å². The van der Waals surface area contributed by atoms with Crippen LogP contribution >= 0.6 is 0 Å². The van der Waals surface area contributed by atoms with Crippen molar-refractivity contribution in [3.63, 3.8) is 0 Å². The number of carbonyl (C=O) groups is 1. The van der Waals surface area contributed by atoms with Gasteiger partial charge >= 0.3 is 0 Å². The van der Waals surface area contributed by atoms with Crippen LogP contribution in [0.3, 0.4) is 0 Å². The number of hydrazine groups is 1. The van der Waals surface area contributed by atoms with Crippen molar-refractivity contribution in [2.75, 3.05) is 23.0 Å². The molecular formula is C15H20N6O. The van der Waals surface area contributed by atoms with Gasteiger partial charge in [-0.25, -0.2) is 9.97 Å². The highest BCUT2D eigenvalue weighted by molar-refractivity contribution is 5.96. The van der Waals surface area contributed by atoms with E-state index in [9.17, 15) is 4.79 Å². The highest BCUT2D eigenvalue weighted by Gasteiger charge is 2.11. The first-order chi connectivity index (χ1) is 10.6. The summed E-state index contributed by atoms with van der Waals surface area (Å²) in [5.74, 6) is 0.652.